The Kier molecular flexibility index (Phi) is 7.13. The first-order valence-electron chi connectivity index (χ1n) is 6.24. The number of thiazole rings is 1. The van der Waals surface area contributed by atoms with Crippen LogP contribution >= 0.6 is 35.5 Å². The molecule has 0 radical (unpaired) electrons. The van der Waals surface area contributed by atoms with Crippen LogP contribution in [-0.4, -0.2) is 28.9 Å². The van der Waals surface area contributed by atoms with Gasteiger partial charge >= 0.3 is 0 Å². The molecule has 3 N–H and O–H groups in total. The molecule has 1 aliphatic carbocycles. The Labute approximate surface area is 128 Å². The van der Waals surface area contributed by atoms with Crippen molar-refractivity contribution >= 4 is 46.5 Å². The Morgan fingerprint density at radius 3 is 2.95 bits per heavy atom. The molecule has 108 valence electrons. The minimum Gasteiger partial charge on any atom is -0.320 e. The first-order valence-corrected chi connectivity index (χ1v) is 8.45. The first kappa shape index (κ1) is 16.8. The molecule has 0 aliphatic heterocycles. The Balaban J connectivity index is 0.00000180. The van der Waals surface area contributed by atoms with Crippen molar-refractivity contribution in [1.82, 2.24) is 4.98 Å². The maximum Gasteiger partial charge on any atom is 0.243 e. The van der Waals surface area contributed by atoms with Crippen molar-refractivity contribution in [2.75, 3.05) is 17.3 Å². The molecule has 4 nitrogen and oxygen atoms in total. The summed E-state index contributed by atoms with van der Waals surface area (Å²) in [6, 6.07) is -0.432. The number of nitrogens with zero attached hydrogens (tertiary/aromatic N) is 1. The fourth-order valence-electron chi connectivity index (χ4n) is 1.98. The van der Waals surface area contributed by atoms with E-state index in [9.17, 15) is 4.79 Å². The standard InChI is InChI=1S/C12H19N3OS2.ClH/c1-17-7-6-8(13)11(16)15-12-14-9-4-2-3-5-10(9)18-12;/h8H,2-7,13H2,1H3,(H,14,15,16);1H/t8-;/m0./s1. The minimum atomic E-state index is -0.432. The molecule has 1 atom stereocenters. The topological polar surface area (TPSA) is 68.0 Å². The van der Waals surface area contributed by atoms with Crippen LogP contribution in [0.5, 0.6) is 0 Å². The van der Waals surface area contributed by atoms with E-state index < -0.39 is 6.04 Å². The number of thioether (sulfide) groups is 1. The van der Waals surface area contributed by atoms with Gasteiger partial charge in [0.2, 0.25) is 5.91 Å². The molecule has 1 aromatic rings. The second-order valence-electron chi connectivity index (χ2n) is 4.47. The smallest absolute Gasteiger partial charge is 0.243 e. The van der Waals surface area contributed by atoms with Gasteiger partial charge < -0.3 is 11.1 Å². The third kappa shape index (κ3) is 4.63. The van der Waals surface area contributed by atoms with E-state index in [0.717, 1.165) is 18.6 Å². The van der Waals surface area contributed by atoms with Gasteiger partial charge in [-0.15, -0.1) is 23.7 Å². The number of hydrogen-bond acceptors (Lipinski definition) is 5. The van der Waals surface area contributed by atoms with Gasteiger partial charge in [0.25, 0.3) is 0 Å². The second kappa shape index (κ2) is 8.09. The average Bonchev–Trinajstić information content (AvgIpc) is 2.77. The number of nitrogens with two attached hydrogens (primary N) is 1. The zero-order valence-corrected chi connectivity index (χ0v) is 13.4. The van der Waals surface area contributed by atoms with Gasteiger partial charge in [-0.1, -0.05) is 0 Å². The van der Waals surface area contributed by atoms with Crippen LogP contribution in [0.1, 0.15) is 29.8 Å². The summed E-state index contributed by atoms with van der Waals surface area (Å²) in [6.45, 7) is 0. The predicted molar refractivity (Wildman–Crippen MR) is 85.6 cm³/mol. The number of halogens is 1. The summed E-state index contributed by atoms with van der Waals surface area (Å²) in [5.74, 6) is 0.790. The highest BCUT2D eigenvalue weighted by atomic mass is 35.5. The third-order valence-corrected chi connectivity index (χ3v) is 4.76. The Hall–Kier alpha value is -0.300. The zero-order chi connectivity index (χ0) is 13.0. The van der Waals surface area contributed by atoms with Crippen LogP contribution in [-0.2, 0) is 17.6 Å². The molecule has 1 amide bonds. The van der Waals surface area contributed by atoms with E-state index in [-0.39, 0.29) is 18.3 Å². The van der Waals surface area contributed by atoms with Crippen molar-refractivity contribution in [2.24, 2.45) is 5.73 Å². The molecule has 0 aromatic carbocycles. The molecule has 1 heterocycles. The summed E-state index contributed by atoms with van der Waals surface area (Å²) in [6.07, 6.45) is 7.30. The SMILES string of the molecule is CSCC[C@H](N)C(=O)Nc1nc2c(s1)CCCC2.Cl. The number of amides is 1. The highest BCUT2D eigenvalue weighted by Gasteiger charge is 2.18. The lowest BCUT2D eigenvalue weighted by atomic mass is 10.0. The van der Waals surface area contributed by atoms with Gasteiger partial charge in [-0.3, -0.25) is 4.79 Å². The Morgan fingerprint density at radius 1 is 1.53 bits per heavy atom. The maximum absolute atomic E-state index is 11.9. The highest BCUT2D eigenvalue weighted by Crippen LogP contribution is 2.29. The van der Waals surface area contributed by atoms with Crippen LogP contribution in [0.25, 0.3) is 0 Å². The lowest BCUT2D eigenvalue weighted by Gasteiger charge is -2.09. The molecule has 0 bridgehead atoms. The van der Waals surface area contributed by atoms with Crippen LogP contribution in [0, 0.1) is 0 Å². The average molecular weight is 322 g/mol. The van der Waals surface area contributed by atoms with Crippen molar-refractivity contribution in [3.63, 3.8) is 0 Å². The Morgan fingerprint density at radius 2 is 2.26 bits per heavy atom. The van der Waals surface area contributed by atoms with Crippen molar-refractivity contribution in [2.45, 2.75) is 38.1 Å². The molecule has 19 heavy (non-hydrogen) atoms. The number of carbonyl (C=O) groups excluding carboxylic acids is 1. The molecule has 1 aromatic heterocycles. The second-order valence-corrected chi connectivity index (χ2v) is 6.54. The number of anilines is 1. The predicted octanol–water partition coefficient (Wildman–Crippen LogP) is 2.46. The van der Waals surface area contributed by atoms with E-state index in [2.05, 4.69) is 10.3 Å². The number of hydrogen-bond donors (Lipinski definition) is 2. The van der Waals surface area contributed by atoms with Crippen molar-refractivity contribution in [1.29, 1.82) is 0 Å². The van der Waals surface area contributed by atoms with Gasteiger partial charge in [0.1, 0.15) is 0 Å². The fourth-order valence-corrected chi connectivity index (χ4v) is 3.52. The summed E-state index contributed by atoms with van der Waals surface area (Å²) in [5, 5.41) is 3.56. The van der Waals surface area contributed by atoms with E-state index in [4.69, 9.17) is 5.73 Å². The van der Waals surface area contributed by atoms with E-state index in [0.29, 0.717) is 11.6 Å². The van der Waals surface area contributed by atoms with Crippen LogP contribution in [0.2, 0.25) is 0 Å². The van der Waals surface area contributed by atoms with Crippen molar-refractivity contribution < 1.29 is 4.79 Å². The minimum absolute atomic E-state index is 0. The number of rotatable bonds is 5. The Bertz CT molecular complexity index is 402. The quantitative estimate of drug-likeness (QED) is 0.874. The third-order valence-electron chi connectivity index (χ3n) is 3.05. The van der Waals surface area contributed by atoms with Gasteiger partial charge in [0.15, 0.2) is 5.13 Å². The van der Waals surface area contributed by atoms with Gasteiger partial charge in [0.05, 0.1) is 11.7 Å². The van der Waals surface area contributed by atoms with Gasteiger partial charge in [-0.05, 0) is 44.1 Å². The molecule has 2 rings (SSSR count). The van der Waals surface area contributed by atoms with E-state index in [1.165, 1.54) is 23.4 Å². The molecule has 0 unspecified atom stereocenters. The molecule has 0 saturated heterocycles. The summed E-state index contributed by atoms with van der Waals surface area (Å²) in [4.78, 5) is 17.7. The van der Waals surface area contributed by atoms with Crippen molar-refractivity contribution in [3.05, 3.63) is 10.6 Å². The first-order chi connectivity index (χ1) is 8.70. The van der Waals surface area contributed by atoms with Gasteiger partial charge in [0, 0.05) is 4.88 Å². The van der Waals surface area contributed by atoms with Crippen LogP contribution in [0.3, 0.4) is 0 Å². The molecule has 0 spiro atoms. The lowest BCUT2D eigenvalue weighted by molar-refractivity contribution is -0.117. The fraction of sp³-hybridized carbons (Fsp3) is 0.667. The van der Waals surface area contributed by atoms with Crippen LogP contribution < -0.4 is 11.1 Å². The summed E-state index contributed by atoms with van der Waals surface area (Å²) < 4.78 is 0. The molecular formula is C12H20ClN3OS2. The molecular weight excluding hydrogens is 302 g/mol. The van der Waals surface area contributed by atoms with E-state index in [1.807, 2.05) is 6.26 Å². The van der Waals surface area contributed by atoms with Crippen LogP contribution in [0.4, 0.5) is 5.13 Å². The highest BCUT2D eigenvalue weighted by molar-refractivity contribution is 7.98. The largest absolute Gasteiger partial charge is 0.320 e. The molecule has 0 saturated carbocycles. The van der Waals surface area contributed by atoms with Crippen molar-refractivity contribution in [3.8, 4) is 0 Å². The monoisotopic (exact) mass is 321 g/mol. The van der Waals surface area contributed by atoms with Gasteiger partial charge in [-0.2, -0.15) is 11.8 Å². The summed E-state index contributed by atoms with van der Waals surface area (Å²) in [5.41, 5.74) is 6.99. The number of carbonyl (C=O) groups is 1. The molecule has 0 fully saturated rings. The lowest BCUT2D eigenvalue weighted by Crippen LogP contribution is -2.36. The molecule has 7 heteroatoms. The number of nitrogens with one attached hydrogen (secondary N) is 1. The normalized spacial score (nSPS) is 15.3. The number of aromatic nitrogens is 1. The summed E-state index contributed by atoms with van der Waals surface area (Å²) >= 11 is 3.30. The van der Waals surface area contributed by atoms with E-state index in [1.54, 1.807) is 23.1 Å². The summed E-state index contributed by atoms with van der Waals surface area (Å²) in [7, 11) is 0. The molecule has 1 aliphatic rings. The number of aryl methyl sites for hydroxylation is 2. The number of fused-ring (bicyclic) bond motifs is 1. The van der Waals surface area contributed by atoms with Gasteiger partial charge in [-0.25, -0.2) is 4.98 Å². The van der Waals surface area contributed by atoms with E-state index >= 15 is 0 Å². The maximum atomic E-state index is 11.9. The van der Waals surface area contributed by atoms with Crippen LogP contribution in [0.15, 0.2) is 0 Å². The zero-order valence-electron chi connectivity index (χ0n) is 11.0.